The van der Waals surface area contributed by atoms with Gasteiger partial charge in [-0.05, 0) is 173 Å². The van der Waals surface area contributed by atoms with Crippen LogP contribution >= 0.6 is 21.6 Å². The van der Waals surface area contributed by atoms with Crippen molar-refractivity contribution in [2.75, 3.05) is 18.1 Å². The van der Waals surface area contributed by atoms with Crippen molar-refractivity contribution in [3.8, 4) is 0 Å². The average Bonchev–Trinajstić information content (AvgIpc) is 4.11. The number of carbonyl (C=O) groups is 1. The zero-order valence-corrected chi connectivity index (χ0v) is 45.5. The number of nitrogens with zero attached hydrogens (tertiary/aromatic N) is 3. The summed E-state index contributed by atoms with van der Waals surface area (Å²) in [6.45, 7) is 9.36. The Bertz CT molecular complexity index is 2370. The number of hydrogen-bond acceptors (Lipinski definition) is 10. The number of allylic oxidation sites excluding steroid dienone is 3. The first kappa shape index (κ1) is 50.7. The second kappa shape index (κ2) is 18.8. The van der Waals surface area contributed by atoms with Crippen molar-refractivity contribution in [2.24, 2.45) is 91.6 Å². The summed E-state index contributed by atoms with van der Waals surface area (Å²) in [5, 5.41) is 65.5. The molecule has 17 unspecified atom stereocenters. The highest BCUT2D eigenvalue weighted by Crippen LogP contribution is 2.75. The lowest BCUT2D eigenvalue weighted by Gasteiger charge is -2.66. The van der Waals surface area contributed by atoms with Gasteiger partial charge in [0, 0.05) is 65.6 Å². The lowest BCUT2D eigenvalue weighted by atomic mass is 9.38. The zero-order chi connectivity index (χ0) is 50.1. The summed E-state index contributed by atoms with van der Waals surface area (Å²) in [6, 6.07) is 0.187. The molecule has 7 saturated carbocycles. The van der Waals surface area contributed by atoms with Crippen LogP contribution in [-0.4, -0.2) is 95.0 Å². The van der Waals surface area contributed by atoms with Gasteiger partial charge in [-0.15, -0.1) is 0 Å². The fourth-order valence-electron chi connectivity index (χ4n) is 20.8. The molecule has 0 radical (unpaired) electrons. The van der Waals surface area contributed by atoms with Crippen LogP contribution in [0.2, 0.25) is 0 Å². The maximum atomic E-state index is 15.4. The van der Waals surface area contributed by atoms with Gasteiger partial charge in [0.15, 0.2) is 11.7 Å². The average molecular weight is 1030 g/mol. The molecule has 0 amide bonds. The van der Waals surface area contributed by atoms with Crippen molar-refractivity contribution in [3.63, 3.8) is 0 Å². The minimum atomic E-state index is -1.36. The van der Waals surface area contributed by atoms with E-state index in [1.165, 1.54) is 44.9 Å². The number of guanidine groups is 1. The number of hydrogen-bond donors (Lipinski definition) is 7. The van der Waals surface area contributed by atoms with Crippen LogP contribution in [-0.2, 0) is 4.79 Å². The molecule has 72 heavy (non-hydrogen) atoms. The second-order valence-corrected chi connectivity index (χ2v) is 29.4. The van der Waals surface area contributed by atoms with Crippen LogP contribution in [0.1, 0.15) is 169 Å². The molecule has 4 bridgehead atoms. The number of aromatic nitrogens is 2. The first-order valence-corrected chi connectivity index (χ1v) is 31.5. The van der Waals surface area contributed by atoms with Crippen LogP contribution in [0.25, 0.3) is 0 Å². The van der Waals surface area contributed by atoms with E-state index in [0.29, 0.717) is 42.4 Å². The summed E-state index contributed by atoms with van der Waals surface area (Å²) in [5.41, 5.74) is 11.4. The van der Waals surface area contributed by atoms with Crippen molar-refractivity contribution in [3.05, 3.63) is 52.7 Å². The van der Waals surface area contributed by atoms with Crippen LogP contribution in [0, 0.1) is 80.8 Å². The van der Waals surface area contributed by atoms with Crippen LogP contribution in [0.5, 0.6) is 0 Å². The van der Waals surface area contributed by atoms with Gasteiger partial charge in [-0.1, -0.05) is 96.8 Å². The van der Waals surface area contributed by atoms with Gasteiger partial charge in [0.1, 0.15) is 6.23 Å². The van der Waals surface area contributed by atoms with E-state index in [1.54, 1.807) is 29.2 Å². The Morgan fingerprint density at radius 3 is 2.40 bits per heavy atom. The molecule has 13 heteroatoms. The van der Waals surface area contributed by atoms with Crippen LogP contribution < -0.4 is 11.1 Å². The van der Waals surface area contributed by atoms with Crippen molar-refractivity contribution in [1.29, 1.82) is 0 Å². The SMILES string of the molecule is CC(O)NC(N)=NCC1CC2(C)C3CC(CSSCC(n4ccnc4)CC(C)(C)C4=C5CCCC6(CCCC6)C5C5=C6C(CCC5)CC3C(O)C64)C2(O)C2=CC(=O)C3CC(O)C(O)CC3(C3CCCCC3)C21. The molecule has 1 aliphatic heterocycles. The molecule has 11 aliphatic rings. The number of nitrogens with one attached hydrogen (secondary N) is 1. The predicted molar refractivity (Wildman–Crippen MR) is 286 cm³/mol. The van der Waals surface area contributed by atoms with E-state index >= 15 is 4.79 Å². The van der Waals surface area contributed by atoms with E-state index in [1.807, 2.05) is 40.2 Å². The van der Waals surface area contributed by atoms with Gasteiger partial charge in [0.05, 0.1) is 30.2 Å². The molecule has 0 aromatic carbocycles. The summed E-state index contributed by atoms with van der Waals surface area (Å²) < 4.78 is 2.34. The van der Waals surface area contributed by atoms with E-state index in [4.69, 9.17) is 10.7 Å². The van der Waals surface area contributed by atoms with Crippen molar-refractivity contribution >= 4 is 33.3 Å². The molecule has 17 atom stereocenters. The molecule has 10 aliphatic carbocycles. The number of nitrogens with two attached hydrogens (primary N) is 1. The van der Waals surface area contributed by atoms with Gasteiger partial charge in [0.25, 0.3) is 0 Å². The minimum Gasteiger partial charge on any atom is -0.392 e. The summed E-state index contributed by atoms with van der Waals surface area (Å²) in [6.07, 6.45) is 26.0. The summed E-state index contributed by atoms with van der Waals surface area (Å²) in [7, 11) is 3.80. The summed E-state index contributed by atoms with van der Waals surface area (Å²) >= 11 is 0. The maximum absolute atomic E-state index is 15.4. The largest absolute Gasteiger partial charge is 0.392 e. The van der Waals surface area contributed by atoms with Crippen LogP contribution in [0.3, 0.4) is 0 Å². The Balaban J connectivity index is 1.04. The number of aliphatic hydroxyl groups is 5. The third-order valence-electron chi connectivity index (χ3n) is 23.0. The Morgan fingerprint density at radius 1 is 0.903 bits per heavy atom. The molecule has 8 N–H and O–H groups in total. The number of ketones is 1. The second-order valence-electron chi connectivity index (χ2n) is 26.8. The van der Waals surface area contributed by atoms with Crippen molar-refractivity contribution in [2.45, 2.75) is 199 Å². The van der Waals surface area contributed by atoms with Gasteiger partial charge in [-0.25, -0.2) is 4.98 Å². The topological polar surface area (TPSA) is 186 Å². The molecule has 1 aromatic heterocycles. The number of rotatable bonds is 5. The lowest BCUT2D eigenvalue weighted by Crippen LogP contribution is -2.67. The zero-order valence-electron chi connectivity index (χ0n) is 43.8. The molecular weight excluding hydrogens is 939 g/mol. The molecule has 1 saturated heterocycles. The minimum absolute atomic E-state index is 0.00346. The van der Waals surface area contributed by atoms with Gasteiger partial charge >= 0.3 is 0 Å². The Morgan fingerprint density at radius 2 is 1.65 bits per heavy atom. The fraction of sp³-hybridized carbons (Fsp3) is 0.814. The fourth-order valence-corrected chi connectivity index (χ4v) is 23.5. The van der Waals surface area contributed by atoms with E-state index in [0.717, 1.165) is 82.0 Å². The Labute approximate surface area is 437 Å². The quantitative estimate of drug-likeness (QED) is 0.0490. The molecule has 396 valence electrons. The molecule has 2 heterocycles. The molecule has 1 spiro atoms. The Hall–Kier alpha value is -2.13. The highest BCUT2D eigenvalue weighted by molar-refractivity contribution is 8.76. The number of carbonyl (C=O) groups excluding carboxylic acids is 1. The van der Waals surface area contributed by atoms with Gasteiger partial charge in [-0.2, -0.15) is 0 Å². The maximum Gasteiger partial charge on any atom is 0.190 e. The number of fused-ring (bicyclic) bond motifs is 14. The third kappa shape index (κ3) is 7.67. The van der Waals surface area contributed by atoms with Gasteiger partial charge in [-0.3, -0.25) is 9.79 Å². The number of imidazole rings is 1. The van der Waals surface area contributed by atoms with E-state index in [2.05, 4.69) is 41.8 Å². The summed E-state index contributed by atoms with van der Waals surface area (Å²) in [4.78, 5) is 25.0. The highest BCUT2D eigenvalue weighted by Gasteiger charge is 2.74. The van der Waals surface area contributed by atoms with E-state index in [-0.39, 0.29) is 71.0 Å². The normalized spacial score (nSPS) is 45.3. The monoisotopic (exact) mass is 1030 g/mol. The van der Waals surface area contributed by atoms with Gasteiger partial charge in [0.2, 0.25) is 0 Å². The number of aliphatic imine (C=N–C) groups is 1. The molecule has 12 rings (SSSR count). The first-order chi connectivity index (χ1) is 34.5. The predicted octanol–water partition coefficient (Wildman–Crippen LogP) is 9.46. The van der Waals surface area contributed by atoms with Crippen molar-refractivity contribution < 1.29 is 30.3 Å². The molecule has 11 nitrogen and oxygen atoms in total. The third-order valence-corrected chi connectivity index (χ3v) is 25.6. The smallest absolute Gasteiger partial charge is 0.190 e. The lowest BCUT2D eigenvalue weighted by molar-refractivity contribution is -0.189. The van der Waals surface area contributed by atoms with Crippen molar-refractivity contribution in [1.82, 2.24) is 14.9 Å². The molecule has 8 fully saturated rings. The van der Waals surface area contributed by atoms with E-state index in [9.17, 15) is 25.5 Å². The highest BCUT2D eigenvalue weighted by atomic mass is 33.1. The summed E-state index contributed by atoms with van der Waals surface area (Å²) in [5.74, 6) is 1.59. The molecular formula is C59H87N5O6S2. The van der Waals surface area contributed by atoms with Crippen LogP contribution in [0.15, 0.2) is 57.7 Å². The van der Waals surface area contributed by atoms with Gasteiger partial charge < -0.3 is 41.2 Å². The number of aliphatic hydroxyl groups excluding tert-OH is 4. The molecule has 1 aromatic rings. The standard InChI is InChI=1S/C59H87N5O6S2/c1-33(65)63-54(60)62-29-35-26-56(4)42-23-37(59(56,70)44-25-45(66)43-24-46(67)47(68)28-58(43,50(35)44)36-13-6-5-7-14-36)30-71-72-31-38(64-21-20-61-32-64)27-55(2,3)52-40-16-11-19-57(17-8-9-18-57)51(40)39-15-10-12-34-22-41(42)53(69)49(52)48(34)39/h20-21,25,32-38,41-43,46-47,49-51,53,65,67-70H,5-19,22-24,26-31H2,1-4H3,(H3,60,62,63). The first-order valence-electron chi connectivity index (χ1n) is 29.0. The van der Waals surface area contributed by atoms with Crippen LogP contribution in [0.4, 0.5) is 0 Å². The Kier molecular flexibility index (Phi) is 13.2. The van der Waals surface area contributed by atoms with E-state index < -0.39 is 46.9 Å².